The summed E-state index contributed by atoms with van der Waals surface area (Å²) in [6.45, 7) is 4.11. The van der Waals surface area contributed by atoms with Gasteiger partial charge in [0.05, 0.1) is 25.4 Å². The van der Waals surface area contributed by atoms with E-state index in [0.717, 1.165) is 35.8 Å². The zero-order chi connectivity index (χ0) is 28.7. The monoisotopic (exact) mass is 550 g/mol. The van der Waals surface area contributed by atoms with Crippen molar-refractivity contribution in [3.63, 3.8) is 0 Å². The van der Waals surface area contributed by atoms with Crippen molar-refractivity contribution < 1.29 is 34.0 Å². The number of fused-ring (bicyclic) bond motifs is 2. The Morgan fingerprint density at radius 1 is 1.05 bits per heavy atom. The summed E-state index contributed by atoms with van der Waals surface area (Å²) in [5, 5.41) is 25.5. The minimum absolute atomic E-state index is 0.0686. The highest BCUT2D eigenvalue weighted by atomic mass is 19.1. The molecule has 2 unspecified atom stereocenters. The first-order valence-corrected chi connectivity index (χ1v) is 12.9. The van der Waals surface area contributed by atoms with Crippen LogP contribution >= 0.6 is 0 Å². The molecule has 39 heavy (non-hydrogen) atoms. The standard InChI is InChI=1S/C24H33FN4O4.C2H2O4/c1-3-27-16(2)26-23(31)29(24(27)32)14-21(30)13-28-19-8-9-20(28)11-22(10-19)33-15-18-7-5-4-6-17(18)12-25;3-1(4)2(5)6/h4-7,19-22,30H,3,8-15H2,1-2H3;(H,3,4)(H,5,6)/t19?,20?,21-,22?;/m1./s1. The van der Waals surface area contributed by atoms with E-state index in [9.17, 15) is 19.1 Å². The van der Waals surface area contributed by atoms with Crippen molar-refractivity contribution in [2.45, 2.75) is 90.2 Å². The van der Waals surface area contributed by atoms with Crippen molar-refractivity contribution >= 4 is 11.9 Å². The second-order valence-corrected chi connectivity index (χ2v) is 9.73. The van der Waals surface area contributed by atoms with E-state index in [2.05, 4.69) is 9.88 Å². The van der Waals surface area contributed by atoms with E-state index in [-0.39, 0.29) is 12.6 Å². The fourth-order valence-electron chi connectivity index (χ4n) is 5.35. The largest absolute Gasteiger partial charge is 0.473 e. The predicted octanol–water partition coefficient (Wildman–Crippen LogP) is 0.932. The van der Waals surface area contributed by atoms with Crippen molar-refractivity contribution in [3.8, 4) is 0 Å². The van der Waals surface area contributed by atoms with E-state index in [4.69, 9.17) is 24.5 Å². The number of carboxylic acid groups (broad SMARTS) is 2. The fourth-order valence-corrected chi connectivity index (χ4v) is 5.35. The van der Waals surface area contributed by atoms with Crippen LogP contribution in [0.5, 0.6) is 0 Å². The number of benzene rings is 1. The molecule has 214 valence electrons. The molecule has 0 saturated carbocycles. The van der Waals surface area contributed by atoms with Crippen LogP contribution in [0, 0.1) is 6.92 Å². The maximum absolute atomic E-state index is 13.2. The Hall–Kier alpha value is -3.42. The third-order valence-electron chi connectivity index (χ3n) is 7.23. The molecule has 0 amide bonds. The van der Waals surface area contributed by atoms with Crippen LogP contribution in [0.2, 0.25) is 0 Å². The van der Waals surface area contributed by atoms with Gasteiger partial charge in [0, 0.05) is 25.2 Å². The molecule has 0 radical (unpaired) electrons. The summed E-state index contributed by atoms with van der Waals surface area (Å²) >= 11 is 0. The van der Waals surface area contributed by atoms with Gasteiger partial charge in [0.2, 0.25) is 0 Å². The number of aliphatic hydroxyl groups is 1. The van der Waals surface area contributed by atoms with Gasteiger partial charge in [0.1, 0.15) is 12.5 Å². The normalized spacial score (nSPS) is 21.2. The molecule has 2 fully saturated rings. The van der Waals surface area contributed by atoms with Gasteiger partial charge in [0.15, 0.2) is 0 Å². The number of aryl methyl sites for hydroxylation is 1. The van der Waals surface area contributed by atoms with Crippen LogP contribution in [0.3, 0.4) is 0 Å². The van der Waals surface area contributed by atoms with Gasteiger partial charge in [-0.2, -0.15) is 4.98 Å². The number of halogens is 1. The average molecular weight is 551 g/mol. The van der Waals surface area contributed by atoms with E-state index in [1.807, 2.05) is 25.1 Å². The lowest BCUT2D eigenvalue weighted by Gasteiger charge is -2.39. The summed E-state index contributed by atoms with van der Waals surface area (Å²) in [7, 11) is 0. The van der Waals surface area contributed by atoms with Crippen LogP contribution in [0.15, 0.2) is 33.9 Å². The minimum Gasteiger partial charge on any atom is -0.473 e. The van der Waals surface area contributed by atoms with E-state index in [1.54, 1.807) is 13.0 Å². The molecule has 2 saturated heterocycles. The number of carbonyl (C=O) groups is 2. The summed E-state index contributed by atoms with van der Waals surface area (Å²) in [5.41, 5.74) is 0.506. The van der Waals surface area contributed by atoms with Gasteiger partial charge in [-0.15, -0.1) is 0 Å². The van der Waals surface area contributed by atoms with E-state index in [1.165, 1.54) is 4.57 Å². The highest BCUT2D eigenvalue weighted by Gasteiger charge is 2.41. The molecule has 2 bridgehead atoms. The maximum atomic E-state index is 13.2. The van der Waals surface area contributed by atoms with E-state index < -0.39 is 36.1 Å². The lowest BCUT2D eigenvalue weighted by atomic mass is 9.99. The van der Waals surface area contributed by atoms with Crippen LogP contribution in [0.4, 0.5) is 4.39 Å². The Morgan fingerprint density at radius 3 is 2.18 bits per heavy atom. The number of rotatable bonds is 9. The minimum atomic E-state index is -1.82. The number of hydrogen-bond acceptors (Lipinski definition) is 8. The number of aromatic nitrogens is 3. The van der Waals surface area contributed by atoms with Crippen LogP contribution in [-0.2, 0) is 40.7 Å². The number of carboxylic acids is 2. The smallest absolute Gasteiger partial charge is 0.414 e. The third kappa shape index (κ3) is 7.58. The predicted molar refractivity (Wildman–Crippen MR) is 137 cm³/mol. The number of nitrogens with zero attached hydrogens (tertiary/aromatic N) is 4. The maximum Gasteiger partial charge on any atom is 0.414 e. The van der Waals surface area contributed by atoms with Crippen LogP contribution in [-0.4, -0.2) is 77.1 Å². The molecular formula is C26H35FN4O8. The number of alkyl halides is 1. The molecule has 2 aliphatic heterocycles. The molecule has 3 atom stereocenters. The number of piperidine rings is 1. The summed E-state index contributed by atoms with van der Waals surface area (Å²) in [5.74, 6) is -3.27. The molecule has 2 aliphatic rings. The van der Waals surface area contributed by atoms with Crippen molar-refractivity contribution in [1.29, 1.82) is 0 Å². The topological polar surface area (TPSA) is 164 Å². The zero-order valence-electron chi connectivity index (χ0n) is 22.0. The first kappa shape index (κ1) is 30.1. The summed E-state index contributed by atoms with van der Waals surface area (Å²) in [4.78, 5) is 49.3. The van der Waals surface area contributed by atoms with Crippen molar-refractivity contribution in [3.05, 3.63) is 62.2 Å². The number of aliphatic carboxylic acids is 2. The first-order valence-electron chi connectivity index (χ1n) is 12.9. The lowest BCUT2D eigenvalue weighted by Crippen LogP contribution is -2.51. The van der Waals surface area contributed by atoms with Crippen molar-refractivity contribution in [1.82, 2.24) is 19.0 Å². The summed E-state index contributed by atoms with van der Waals surface area (Å²) in [6.07, 6.45) is 3.04. The zero-order valence-corrected chi connectivity index (χ0v) is 22.0. The molecule has 1 aromatic carbocycles. The Kier molecular flexibility index (Phi) is 10.5. The third-order valence-corrected chi connectivity index (χ3v) is 7.23. The number of ether oxygens (including phenoxy) is 1. The quantitative estimate of drug-likeness (QED) is 0.383. The van der Waals surface area contributed by atoms with Gasteiger partial charge >= 0.3 is 23.3 Å². The highest BCUT2D eigenvalue weighted by molar-refractivity contribution is 6.27. The molecule has 1 aromatic heterocycles. The van der Waals surface area contributed by atoms with Gasteiger partial charge in [-0.05, 0) is 50.7 Å². The molecule has 3 N–H and O–H groups in total. The average Bonchev–Trinajstić information content (AvgIpc) is 3.12. The Morgan fingerprint density at radius 2 is 1.64 bits per heavy atom. The second kappa shape index (κ2) is 13.6. The van der Waals surface area contributed by atoms with Crippen LogP contribution in [0.1, 0.15) is 49.6 Å². The SMILES string of the molecule is CCn1c(C)nc(=O)n(C[C@H](O)CN2C3CCC2CC(OCc2ccccc2CF)C3)c1=O.O=C(O)C(=O)O. The molecule has 12 nitrogen and oxygen atoms in total. The number of aliphatic hydroxyl groups excluding tert-OH is 1. The highest BCUT2D eigenvalue weighted by Crippen LogP contribution is 2.37. The van der Waals surface area contributed by atoms with Gasteiger partial charge < -0.3 is 20.1 Å². The van der Waals surface area contributed by atoms with E-state index in [0.29, 0.717) is 43.2 Å². The second-order valence-electron chi connectivity index (χ2n) is 9.73. The van der Waals surface area contributed by atoms with E-state index >= 15 is 0 Å². The Labute approximate surface area is 224 Å². The lowest BCUT2D eigenvalue weighted by molar-refractivity contribution is -0.159. The Balaban J connectivity index is 0.000000631. The summed E-state index contributed by atoms with van der Waals surface area (Å²) < 4.78 is 21.8. The van der Waals surface area contributed by atoms with Crippen molar-refractivity contribution in [2.24, 2.45) is 0 Å². The first-order chi connectivity index (χ1) is 18.5. The molecular weight excluding hydrogens is 515 g/mol. The van der Waals surface area contributed by atoms with Gasteiger partial charge in [-0.25, -0.2) is 28.1 Å². The van der Waals surface area contributed by atoms with Gasteiger partial charge in [-0.3, -0.25) is 9.47 Å². The molecule has 4 rings (SSSR count). The molecule has 3 heterocycles. The van der Waals surface area contributed by atoms with Crippen molar-refractivity contribution in [2.75, 3.05) is 6.54 Å². The summed E-state index contributed by atoms with van der Waals surface area (Å²) in [6, 6.07) is 8.01. The van der Waals surface area contributed by atoms with Crippen LogP contribution in [0.25, 0.3) is 0 Å². The number of hydrogen-bond donors (Lipinski definition) is 3. The van der Waals surface area contributed by atoms with Crippen LogP contribution < -0.4 is 11.4 Å². The van der Waals surface area contributed by atoms with Gasteiger partial charge in [-0.1, -0.05) is 24.3 Å². The molecule has 13 heteroatoms. The van der Waals surface area contributed by atoms with Gasteiger partial charge in [0.25, 0.3) is 0 Å². The molecule has 2 aromatic rings. The molecule has 0 spiro atoms. The fraction of sp³-hybridized carbons (Fsp3) is 0.577. The molecule has 0 aliphatic carbocycles. The Bertz CT molecular complexity index is 1250.